The minimum atomic E-state index is 0.740. The summed E-state index contributed by atoms with van der Waals surface area (Å²) in [6.07, 6.45) is 3.75. The van der Waals surface area contributed by atoms with Gasteiger partial charge in [-0.15, -0.1) is 0 Å². The SMILES string of the molecule is Cc1ccc(N/N=C/c2cccn2C)cc1Cl. The van der Waals surface area contributed by atoms with E-state index in [0.717, 1.165) is 22.0 Å². The molecule has 0 aliphatic rings. The van der Waals surface area contributed by atoms with Crippen LogP contribution in [0.1, 0.15) is 11.3 Å². The highest BCUT2D eigenvalue weighted by atomic mass is 35.5. The summed E-state index contributed by atoms with van der Waals surface area (Å²) in [5.74, 6) is 0. The van der Waals surface area contributed by atoms with Crippen LogP contribution in [0.4, 0.5) is 5.69 Å². The van der Waals surface area contributed by atoms with Crippen LogP contribution in [-0.4, -0.2) is 10.8 Å². The van der Waals surface area contributed by atoms with E-state index in [0.29, 0.717) is 0 Å². The Morgan fingerprint density at radius 2 is 2.18 bits per heavy atom. The van der Waals surface area contributed by atoms with E-state index in [1.807, 2.05) is 55.1 Å². The number of anilines is 1. The quantitative estimate of drug-likeness (QED) is 0.654. The van der Waals surface area contributed by atoms with Crippen LogP contribution in [0.25, 0.3) is 0 Å². The van der Waals surface area contributed by atoms with Gasteiger partial charge in [0.25, 0.3) is 0 Å². The third-order valence-electron chi connectivity index (χ3n) is 2.55. The molecule has 1 N–H and O–H groups in total. The molecule has 1 aromatic carbocycles. The number of hydrazone groups is 1. The fourth-order valence-corrected chi connectivity index (χ4v) is 1.62. The molecule has 0 atom stereocenters. The zero-order valence-corrected chi connectivity index (χ0v) is 10.6. The van der Waals surface area contributed by atoms with E-state index in [-0.39, 0.29) is 0 Å². The van der Waals surface area contributed by atoms with E-state index >= 15 is 0 Å². The highest BCUT2D eigenvalue weighted by Crippen LogP contribution is 2.19. The Morgan fingerprint density at radius 3 is 2.82 bits per heavy atom. The summed E-state index contributed by atoms with van der Waals surface area (Å²) in [5, 5.41) is 4.90. The molecule has 0 radical (unpaired) electrons. The average molecular weight is 248 g/mol. The second-order valence-corrected chi connectivity index (χ2v) is 4.29. The lowest BCUT2D eigenvalue weighted by atomic mass is 10.2. The van der Waals surface area contributed by atoms with Gasteiger partial charge in [0.2, 0.25) is 0 Å². The molecule has 0 spiro atoms. The molecule has 88 valence electrons. The fraction of sp³-hybridized carbons (Fsp3) is 0.154. The van der Waals surface area contributed by atoms with Crippen molar-refractivity contribution in [1.82, 2.24) is 4.57 Å². The first-order chi connectivity index (χ1) is 8.16. The van der Waals surface area contributed by atoms with Gasteiger partial charge >= 0.3 is 0 Å². The standard InChI is InChI=1S/C13H14ClN3/c1-10-5-6-11(8-13(10)14)16-15-9-12-4-3-7-17(12)2/h3-9,16H,1-2H3/b15-9+. The van der Waals surface area contributed by atoms with Crippen molar-refractivity contribution in [3.63, 3.8) is 0 Å². The van der Waals surface area contributed by atoms with Gasteiger partial charge < -0.3 is 4.57 Å². The second-order valence-electron chi connectivity index (χ2n) is 3.88. The molecular formula is C13H14ClN3. The summed E-state index contributed by atoms with van der Waals surface area (Å²) >= 11 is 6.02. The zero-order chi connectivity index (χ0) is 12.3. The third kappa shape index (κ3) is 2.88. The first-order valence-electron chi connectivity index (χ1n) is 5.33. The Morgan fingerprint density at radius 1 is 1.35 bits per heavy atom. The second kappa shape index (κ2) is 5.06. The molecule has 2 aromatic rings. The van der Waals surface area contributed by atoms with E-state index in [9.17, 15) is 0 Å². The summed E-state index contributed by atoms with van der Waals surface area (Å²) in [5.41, 5.74) is 5.93. The normalized spacial score (nSPS) is 11.0. The lowest BCUT2D eigenvalue weighted by molar-refractivity contribution is 0.918. The summed E-state index contributed by atoms with van der Waals surface area (Å²) in [6, 6.07) is 9.74. The number of halogens is 1. The summed E-state index contributed by atoms with van der Waals surface area (Å²) in [7, 11) is 1.98. The largest absolute Gasteiger partial charge is 0.350 e. The summed E-state index contributed by atoms with van der Waals surface area (Å²) < 4.78 is 1.99. The fourth-order valence-electron chi connectivity index (χ4n) is 1.44. The highest BCUT2D eigenvalue weighted by molar-refractivity contribution is 6.31. The van der Waals surface area contributed by atoms with Crippen molar-refractivity contribution >= 4 is 23.5 Å². The van der Waals surface area contributed by atoms with Gasteiger partial charge in [0.1, 0.15) is 0 Å². The Bertz CT molecular complexity index is 543. The van der Waals surface area contributed by atoms with Gasteiger partial charge in [0.15, 0.2) is 0 Å². The van der Waals surface area contributed by atoms with Crippen molar-refractivity contribution in [2.45, 2.75) is 6.92 Å². The van der Waals surface area contributed by atoms with Gasteiger partial charge in [0.05, 0.1) is 17.6 Å². The van der Waals surface area contributed by atoms with Crippen LogP contribution in [0.15, 0.2) is 41.6 Å². The van der Waals surface area contributed by atoms with Crippen LogP contribution in [0.2, 0.25) is 5.02 Å². The van der Waals surface area contributed by atoms with Crippen molar-refractivity contribution in [2.75, 3.05) is 5.43 Å². The number of aromatic nitrogens is 1. The lowest BCUT2D eigenvalue weighted by Gasteiger charge is -2.03. The Balaban J connectivity index is 2.05. The molecule has 0 bridgehead atoms. The Labute approximate surface area is 106 Å². The smallest absolute Gasteiger partial charge is 0.0709 e. The zero-order valence-electron chi connectivity index (χ0n) is 9.81. The van der Waals surface area contributed by atoms with Crippen LogP contribution in [0.5, 0.6) is 0 Å². The Hall–Kier alpha value is -1.74. The van der Waals surface area contributed by atoms with Gasteiger partial charge in [-0.1, -0.05) is 17.7 Å². The lowest BCUT2D eigenvalue weighted by Crippen LogP contribution is -1.96. The molecular weight excluding hydrogens is 234 g/mol. The maximum absolute atomic E-state index is 6.02. The molecule has 3 nitrogen and oxygen atoms in total. The van der Waals surface area contributed by atoms with Gasteiger partial charge in [-0.25, -0.2) is 0 Å². The third-order valence-corrected chi connectivity index (χ3v) is 2.95. The van der Waals surface area contributed by atoms with Crippen LogP contribution in [0, 0.1) is 6.92 Å². The number of nitrogens with one attached hydrogen (secondary N) is 1. The summed E-state index contributed by atoms with van der Waals surface area (Å²) in [6.45, 7) is 1.97. The first kappa shape index (κ1) is 11.7. The number of benzene rings is 1. The maximum Gasteiger partial charge on any atom is 0.0709 e. The monoisotopic (exact) mass is 247 g/mol. The number of aryl methyl sites for hydroxylation is 2. The Kier molecular flexibility index (Phi) is 3.49. The molecule has 1 heterocycles. The van der Waals surface area contributed by atoms with Gasteiger partial charge in [-0.3, -0.25) is 5.43 Å². The number of nitrogens with zero attached hydrogens (tertiary/aromatic N) is 2. The van der Waals surface area contributed by atoms with E-state index < -0.39 is 0 Å². The van der Waals surface area contributed by atoms with E-state index in [4.69, 9.17) is 11.6 Å². The molecule has 0 aliphatic carbocycles. The molecule has 0 saturated carbocycles. The van der Waals surface area contributed by atoms with Crippen LogP contribution in [0.3, 0.4) is 0 Å². The number of rotatable bonds is 3. The van der Waals surface area contributed by atoms with Crippen molar-refractivity contribution in [2.24, 2.45) is 12.1 Å². The van der Waals surface area contributed by atoms with Crippen molar-refractivity contribution in [1.29, 1.82) is 0 Å². The predicted molar refractivity (Wildman–Crippen MR) is 72.8 cm³/mol. The molecule has 0 aliphatic heterocycles. The molecule has 17 heavy (non-hydrogen) atoms. The number of hydrogen-bond acceptors (Lipinski definition) is 2. The van der Waals surface area contributed by atoms with Gasteiger partial charge in [0, 0.05) is 18.3 Å². The van der Waals surface area contributed by atoms with Gasteiger partial charge in [-0.2, -0.15) is 5.10 Å². The minimum absolute atomic E-state index is 0.740. The van der Waals surface area contributed by atoms with Crippen LogP contribution in [-0.2, 0) is 7.05 Å². The highest BCUT2D eigenvalue weighted by Gasteiger charge is 1.96. The topological polar surface area (TPSA) is 29.3 Å². The molecule has 2 rings (SSSR count). The minimum Gasteiger partial charge on any atom is -0.350 e. The maximum atomic E-state index is 6.02. The van der Waals surface area contributed by atoms with Crippen LogP contribution >= 0.6 is 11.6 Å². The van der Waals surface area contributed by atoms with E-state index in [2.05, 4.69) is 10.5 Å². The van der Waals surface area contributed by atoms with Gasteiger partial charge in [-0.05, 0) is 36.8 Å². The van der Waals surface area contributed by atoms with E-state index in [1.165, 1.54) is 0 Å². The van der Waals surface area contributed by atoms with Crippen LogP contribution < -0.4 is 5.43 Å². The van der Waals surface area contributed by atoms with Crippen molar-refractivity contribution in [3.05, 3.63) is 52.8 Å². The average Bonchev–Trinajstić information content (AvgIpc) is 2.70. The molecule has 0 unspecified atom stereocenters. The molecule has 0 fully saturated rings. The van der Waals surface area contributed by atoms with Crippen molar-refractivity contribution in [3.8, 4) is 0 Å². The first-order valence-corrected chi connectivity index (χ1v) is 5.71. The molecule has 4 heteroatoms. The molecule has 1 aromatic heterocycles. The van der Waals surface area contributed by atoms with E-state index in [1.54, 1.807) is 6.21 Å². The molecule has 0 amide bonds. The summed E-state index contributed by atoms with van der Waals surface area (Å²) in [4.78, 5) is 0. The number of hydrogen-bond donors (Lipinski definition) is 1. The molecule has 0 saturated heterocycles. The predicted octanol–water partition coefficient (Wildman–Crippen LogP) is 3.43. The van der Waals surface area contributed by atoms with Crippen molar-refractivity contribution < 1.29 is 0 Å².